The molecule has 0 spiro atoms. The molecular weight excluding hydrogens is 265 g/mol. The minimum Gasteiger partial charge on any atom is -0.356 e. The fourth-order valence-corrected chi connectivity index (χ4v) is 2.73. The number of halogens is 3. The molecular formula is C10H15F3N4S. The lowest BCUT2D eigenvalue weighted by Gasteiger charge is -2.20. The van der Waals surface area contributed by atoms with Crippen molar-refractivity contribution in [2.75, 3.05) is 25.0 Å². The molecule has 1 aromatic heterocycles. The first-order valence-electron chi connectivity index (χ1n) is 5.85. The van der Waals surface area contributed by atoms with Crippen molar-refractivity contribution < 1.29 is 13.2 Å². The smallest absolute Gasteiger partial charge is 0.356 e. The number of anilines is 1. The fraction of sp³-hybridized carbons (Fsp3) is 0.800. The summed E-state index contributed by atoms with van der Waals surface area (Å²) in [7, 11) is 0. The number of aromatic nitrogens is 2. The Bertz CT molecular complexity index is 387. The number of likely N-dealkylation sites (tertiary alicyclic amines) is 1. The van der Waals surface area contributed by atoms with Gasteiger partial charge in [-0.1, -0.05) is 11.3 Å². The van der Waals surface area contributed by atoms with E-state index in [4.69, 9.17) is 0 Å². The maximum atomic E-state index is 12.3. The van der Waals surface area contributed by atoms with Crippen LogP contribution in [-0.2, 0) is 6.18 Å². The van der Waals surface area contributed by atoms with E-state index in [0.29, 0.717) is 11.3 Å². The third-order valence-electron chi connectivity index (χ3n) is 2.77. The van der Waals surface area contributed by atoms with Crippen LogP contribution in [0.2, 0.25) is 0 Å². The zero-order valence-corrected chi connectivity index (χ0v) is 10.8. The maximum Gasteiger partial charge on any atom is 0.445 e. The van der Waals surface area contributed by atoms with E-state index < -0.39 is 11.2 Å². The molecule has 1 aliphatic heterocycles. The van der Waals surface area contributed by atoms with Gasteiger partial charge in [0.25, 0.3) is 0 Å². The van der Waals surface area contributed by atoms with Gasteiger partial charge in [-0.05, 0) is 32.9 Å². The quantitative estimate of drug-likeness (QED) is 0.920. The Hall–Kier alpha value is -0.890. The number of nitrogens with one attached hydrogen (secondary N) is 1. The highest BCUT2D eigenvalue weighted by molar-refractivity contribution is 7.15. The van der Waals surface area contributed by atoms with Gasteiger partial charge < -0.3 is 10.2 Å². The van der Waals surface area contributed by atoms with Crippen molar-refractivity contribution in [2.24, 2.45) is 0 Å². The third kappa shape index (κ3) is 3.55. The van der Waals surface area contributed by atoms with Gasteiger partial charge in [0.2, 0.25) is 10.1 Å². The van der Waals surface area contributed by atoms with E-state index in [1.165, 1.54) is 12.8 Å². The summed E-state index contributed by atoms with van der Waals surface area (Å²) in [5.74, 6) is 0. The topological polar surface area (TPSA) is 41.0 Å². The van der Waals surface area contributed by atoms with E-state index in [1.54, 1.807) is 0 Å². The number of rotatable bonds is 4. The molecule has 1 N–H and O–H groups in total. The van der Waals surface area contributed by atoms with E-state index in [0.717, 1.165) is 19.6 Å². The largest absolute Gasteiger partial charge is 0.445 e. The van der Waals surface area contributed by atoms with Gasteiger partial charge in [0.15, 0.2) is 0 Å². The lowest BCUT2D eigenvalue weighted by Crippen LogP contribution is -2.32. The molecule has 4 nitrogen and oxygen atoms in total. The molecule has 0 saturated carbocycles. The van der Waals surface area contributed by atoms with Gasteiger partial charge in [0.1, 0.15) is 0 Å². The molecule has 2 rings (SSSR count). The van der Waals surface area contributed by atoms with Crippen LogP contribution in [0, 0.1) is 0 Å². The van der Waals surface area contributed by atoms with Gasteiger partial charge in [-0.25, -0.2) is 0 Å². The molecule has 1 unspecified atom stereocenters. The Kier molecular flexibility index (Phi) is 4.06. The molecule has 1 aliphatic rings. The van der Waals surface area contributed by atoms with Crippen molar-refractivity contribution in [3.8, 4) is 0 Å². The Morgan fingerprint density at radius 2 is 2.00 bits per heavy atom. The molecule has 1 fully saturated rings. The highest BCUT2D eigenvalue weighted by Crippen LogP contribution is 2.33. The van der Waals surface area contributed by atoms with Crippen molar-refractivity contribution in [2.45, 2.75) is 32.0 Å². The first-order chi connectivity index (χ1) is 8.45. The van der Waals surface area contributed by atoms with Crippen LogP contribution in [0.5, 0.6) is 0 Å². The van der Waals surface area contributed by atoms with Crippen LogP contribution in [-0.4, -0.2) is 40.8 Å². The lowest BCUT2D eigenvalue weighted by molar-refractivity contribution is -0.138. The second kappa shape index (κ2) is 5.40. The molecule has 0 radical (unpaired) electrons. The highest BCUT2D eigenvalue weighted by atomic mass is 32.1. The molecule has 0 aliphatic carbocycles. The van der Waals surface area contributed by atoms with Crippen LogP contribution in [0.4, 0.5) is 18.3 Å². The molecule has 102 valence electrons. The van der Waals surface area contributed by atoms with Crippen LogP contribution in [0.1, 0.15) is 24.8 Å². The minimum absolute atomic E-state index is 0.0668. The van der Waals surface area contributed by atoms with Crippen molar-refractivity contribution in [1.82, 2.24) is 15.1 Å². The molecule has 1 atom stereocenters. The zero-order valence-electron chi connectivity index (χ0n) is 10.00. The second-order valence-electron chi connectivity index (χ2n) is 4.46. The summed E-state index contributed by atoms with van der Waals surface area (Å²) in [6.45, 7) is 4.89. The Morgan fingerprint density at radius 1 is 1.33 bits per heavy atom. The van der Waals surface area contributed by atoms with Gasteiger partial charge in [0.05, 0.1) is 0 Å². The van der Waals surface area contributed by atoms with Crippen LogP contribution < -0.4 is 5.32 Å². The zero-order chi connectivity index (χ0) is 13.2. The number of hydrogen-bond donors (Lipinski definition) is 1. The maximum absolute atomic E-state index is 12.3. The first-order valence-corrected chi connectivity index (χ1v) is 6.66. The molecule has 0 bridgehead atoms. The molecule has 18 heavy (non-hydrogen) atoms. The van der Waals surface area contributed by atoms with E-state index >= 15 is 0 Å². The Morgan fingerprint density at radius 3 is 2.56 bits per heavy atom. The molecule has 0 amide bonds. The molecule has 2 heterocycles. The highest BCUT2D eigenvalue weighted by Gasteiger charge is 2.35. The molecule has 0 aromatic carbocycles. The van der Waals surface area contributed by atoms with Gasteiger partial charge >= 0.3 is 6.18 Å². The van der Waals surface area contributed by atoms with Crippen molar-refractivity contribution in [3.05, 3.63) is 5.01 Å². The molecule has 1 saturated heterocycles. The van der Waals surface area contributed by atoms with Gasteiger partial charge in [-0.15, -0.1) is 10.2 Å². The number of nitrogens with zero attached hydrogens (tertiary/aromatic N) is 3. The minimum atomic E-state index is -4.41. The third-order valence-corrected chi connectivity index (χ3v) is 3.67. The van der Waals surface area contributed by atoms with Crippen LogP contribution in [0.15, 0.2) is 0 Å². The lowest BCUT2D eigenvalue weighted by atomic mass is 10.3. The first kappa shape index (κ1) is 13.5. The van der Waals surface area contributed by atoms with Crippen LogP contribution >= 0.6 is 11.3 Å². The Labute approximate surface area is 107 Å². The summed E-state index contributed by atoms with van der Waals surface area (Å²) in [6, 6.07) is 0.0668. The van der Waals surface area contributed by atoms with Crippen molar-refractivity contribution in [1.29, 1.82) is 0 Å². The summed E-state index contributed by atoms with van der Waals surface area (Å²) in [6.07, 6.45) is -2.01. The van der Waals surface area contributed by atoms with E-state index in [-0.39, 0.29) is 11.2 Å². The average molecular weight is 280 g/mol. The second-order valence-corrected chi connectivity index (χ2v) is 5.44. The average Bonchev–Trinajstić information content (AvgIpc) is 2.87. The van der Waals surface area contributed by atoms with Crippen LogP contribution in [0.25, 0.3) is 0 Å². The normalized spacial score (nSPS) is 19.1. The predicted molar refractivity (Wildman–Crippen MR) is 63.7 cm³/mol. The van der Waals surface area contributed by atoms with Gasteiger partial charge in [-0.3, -0.25) is 0 Å². The predicted octanol–water partition coefficient (Wildman–Crippen LogP) is 2.45. The number of alkyl halides is 3. The molecule has 8 heteroatoms. The summed E-state index contributed by atoms with van der Waals surface area (Å²) < 4.78 is 37.0. The number of hydrogen-bond acceptors (Lipinski definition) is 5. The van der Waals surface area contributed by atoms with Gasteiger partial charge in [0, 0.05) is 12.6 Å². The SMILES string of the molecule is CC(CN1CCCC1)Nc1nnc(C(F)(F)F)s1. The van der Waals surface area contributed by atoms with Crippen molar-refractivity contribution in [3.63, 3.8) is 0 Å². The van der Waals surface area contributed by atoms with Crippen molar-refractivity contribution >= 4 is 16.5 Å². The summed E-state index contributed by atoms with van der Waals surface area (Å²) in [4.78, 5) is 2.30. The summed E-state index contributed by atoms with van der Waals surface area (Å²) in [5, 5.41) is 8.95. The van der Waals surface area contributed by atoms with Gasteiger partial charge in [-0.2, -0.15) is 13.2 Å². The van der Waals surface area contributed by atoms with E-state index in [1.807, 2.05) is 6.92 Å². The standard InChI is InChI=1S/C10H15F3N4S/c1-7(6-17-4-2-3-5-17)14-9-16-15-8(18-9)10(11,12)13/h7H,2-6H2,1H3,(H,14,16). The summed E-state index contributed by atoms with van der Waals surface area (Å²) >= 11 is 0.549. The monoisotopic (exact) mass is 280 g/mol. The van der Waals surface area contributed by atoms with E-state index in [9.17, 15) is 13.2 Å². The molecule has 1 aromatic rings. The van der Waals surface area contributed by atoms with E-state index in [2.05, 4.69) is 20.4 Å². The Balaban J connectivity index is 1.86. The fourth-order valence-electron chi connectivity index (χ4n) is 2.01. The summed E-state index contributed by atoms with van der Waals surface area (Å²) in [5.41, 5.74) is 0. The van der Waals surface area contributed by atoms with Crippen LogP contribution in [0.3, 0.4) is 0 Å².